The molecular formula is C39H52O4Si2. The molecule has 0 aliphatic heterocycles. The molecule has 4 aromatic rings. The van der Waals surface area contributed by atoms with Crippen LogP contribution in [-0.2, 0) is 8.85 Å². The lowest BCUT2D eigenvalue weighted by molar-refractivity contribution is 0.0539. The van der Waals surface area contributed by atoms with Crippen LogP contribution in [0.25, 0.3) is 0 Å². The highest BCUT2D eigenvalue weighted by molar-refractivity contribution is 7.00. The van der Waals surface area contributed by atoms with Crippen molar-refractivity contribution >= 4 is 37.4 Å². The summed E-state index contributed by atoms with van der Waals surface area (Å²) in [7, 11) is -5.34. The van der Waals surface area contributed by atoms with Crippen LogP contribution in [0.2, 0.25) is 10.1 Å². The van der Waals surface area contributed by atoms with Crippen LogP contribution in [-0.4, -0.2) is 52.3 Å². The molecule has 0 saturated carbocycles. The lowest BCUT2D eigenvalue weighted by atomic mass is 10.1. The third-order valence-electron chi connectivity index (χ3n) is 8.92. The van der Waals surface area contributed by atoms with E-state index in [2.05, 4.69) is 139 Å². The van der Waals surface area contributed by atoms with E-state index in [1.54, 1.807) is 0 Å². The van der Waals surface area contributed by atoms with Crippen molar-refractivity contribution in [2.75, 3.05) is 13.2 Å². The van der Waals surface area contributed by atoms with Gasteiger partial charge in [-0.15, -0.1) is 0 Å². The molecule has 0 radical (unpaired) electrons. The quantitative estimate of drug-likeness (QED) is 0.165. The number of rotatable bonds is 14. The zero-order valence-corrected chi connectivity index (χ0v) is 29.9. The molecular weight excluding hydrogens is 589 g/mol. The Bertz CT molecular complexity index is 1230. The molecule has 0 unspecified atom stereocenters. The second-order valence-electron chi connectivity index (χ2n) is 14.1. The van der Waals surface area contributed by atoms with Crippen LogP contribution in [0.5, 0.6) is 0 Å². The summed E-state index contributed by atoms with van der Waals surface area (Å²) >= 11 is 0. The van der Waals surface area contributed by atoms with E-state index in [1.165, 1.54) is 20.7 Å². The maximum Gasteiger partial charge on any atom is 0.261 e. The van der Waals surface area contributed by atoms with Gasteiger partial charge >= 0.3 is 0 Å². The molecule has 4 aromatic carbocycles. The first-order valence-corrected chi connectivity index (χ1v) is 20.1. The lowest BCUT2D eigenvalue weighted by Crippen LogP contribution is -2.66. The minimum Gasteiger partial charge on any atom is -0.407 e. The third kappa shape index (κ3) is 7.94. The van der Waals surface area contributed by atoms with Crippen molar-refractivity contribution < 1.29 is 19.1 Å². The van der Waals surface area contributed by atoms with Crippen LogP contribution in [0.1, 0.15) is 60.8 Å². The number of hydrogen-bond acceptors (Lipinski definition) is 4. The van der Waals surface area contributed by atoms with Gasteiger partial charge in [0.1, 0.15) is 0 Å². The fourth-order valence-corrected chi connectivity index (χ4v) is 15.9. The van der Waals surface area contributed by atoms with Crippen LogP contribution in [0.4, 0.5) is 0 Å². The van der Waals surface area contributed by atoms with Gasteiger partial charge in [0.15, 0.2) is 0 Å². The molecule has 2 N–H and O–H groups in total. The van der Waals surface area contributed by atoms with E-state index < -0.39 is 28.8 Å². The maximum absolute atomic E-state index is 11.0. The Morgan fingerprint density at radius 3 is 0.933 bits per heavy atom. The van der Waals surface area contributed by atoms with Crippen molar-refractivity contribution in [1.82, 2.24) is 0 Å². The molecule has 2 atom stereocenters. The lowest BCUT2D eigenvalue weighted by Gasteiger charge is -2.43. The van der Waals surface area contributed by atoms with E-state index in [0.717, 1.165) is 0 Å². The normalized spacial score (nSPS) is 14.2. The summed E-state index contributed by atoms with van der Waals surface area (Å²) in [5.74, 6) is 0. The minimum absolute atomic E-state index is 0.127. The van der Waals surface area contributed by atoms with Gasteiger partial charge in [-0.2, -0.15) is 0 Å². The molecule has 45 heavy (non-hydrogen) atoms. The van der Waals surface area contributed by atoms with Crippen molar-refractivity contribution in [3.63, 3.8) is 0 Å². The highest BCUT2D eigenvalue weighted by Gasteiger charge is 2.51. The van der Waals surface area contributed by atoms with E-state index in [4.69, 9.17) is 8.85 Å². The second kappa shape index (κ2) is 15.2. The highest BCUT2D eigenvalue weighted by atomic mass is 28.4. The maximum atomic E-state index is 11.0. The van der Waals surface area contributed by atoms with Crippen LogP contribution in [0.15, 0.2) is 121 Å². The summed E-state index contributed by atoms with van der Waals surface area (Å²) < 4.78 is 13.9. The Balaban J connectivity index is 1.42. The molecule has 0 amide bonds. The van der Waals surface area contributed by atoms with Crippen molar-refractivity contribution in [3.05, 3.63) is 121 Å². The summed E-state index contributed by atoms with van der Waals surface area (Å²) in [5.41, 5.74) is 0. The Morgan fingerprint density at radius 2 is 0.711 bits per heavy atom. The molecule has 0 saturated heterocycles. The monoisotopic (exact) mass is 640 g/mol. The molecule has 6 heteroatoms. The standard InChI is InChI=1S/C39H52O4Si2/c1-38(2,3)44(34-19-11-7-12-20-34,35-21-13-8-14-22-35)42-29-27-32(40)31-33(41)28-30-43-45(39(4,5)6,36-23-15-9-16-24-36)37-25-17-10-18-26-37/h7-26,32-33,40-41H,27-31H2,1-6H3/t32-,33+. The fraction of sp³-hybridized carbons (Fsp3) is 0.385. The van der Waals surface area contributed by atoms with Crippen LogP contribution in [0.3, 0.4) is 0 Å². The van der Waals surface area contributed by atoms with Crippen molar-refractivity contribution in [2.45, 2.75) is 83.1 Å². The molecule has 0 heterocycles. The van der Waals surface area contributed by atoms with Crippen molar-refractivity contribution in [3.8, 4) is 0 Å². The Hall–Kier alpha value is -2.85. The average molecular weight is 641 g/mol. The zero-order valence-electron chi connectivity index (χ0n) is 27.9. The molecule has 4 rings (SSSR count). The fourth-order valence-electron chi connectivity index (χ4n) is 6.77. The summed E-state index contributed by atoms with van der Waals surface area (Å²) in [6, 6.07) is 42.2. The average Bonchev–Trinajstić information content (AvgIpc) is 3.02. The van der Waals surface area contributed by atoms with Gasteiger partial charge < -0.3 is 19.1 Å². The molecule has 0 aliphatic rings. The first-order chi connectivity index (χ1) is 21.4. The van der Waals surface area contributed by atoms with E-state index in [-0.39, 0.29) is 16.5 Å². The predicted molar refractivity (Wildman–Crippen MR) is 193 cm³/mol. The van der Waals surface area contributed by atoms with Crippen molar-refractivity contribution in [1.29, 1.82) is 0 Å². The summed E-state index contributed by atoms with van der Waals surface area (Å²) in [4.78, 5) is 0. The van der Waals surface area contributed by atoms with Gasteiger partial charge in [-0.05, 0) is 50.1 Å². The number of aliphatic hydroxyl groups excluding tert-OH is 2. The minimum atomic E-state index is -2.67. The number of benzene rings is 4. The summed E-state index contributed by atoms with van der Waals surface area (Å²) in [5, 5.41) is 26.7. The first-order valence-electron chi connectivity index (χ1n) is 16.3. The smallest absolute Gasteiger partial charge is 0.261 e. The van der Waals surface area contributed by atoms with Crippen LogP contribution < -0.4 is 20.7 Å². The van der Waals surface area contributed by atoms with E-state index in [1.807, 2.05) is 24.3 Å². The second-order valence-corrected chi connectivity index (χ2v) is 22.8. The molecule has 0 aliphatic carbocycles. The predicted octanol–water partition coefficient (Wildman–Crippen LogP) is 6.03. The van der Waals surface area contributed by atoms with Crippen LogP contribution in [0, 0.1) is 0 Å². The highest BCUT2D eigenvalue weighted by Crippen LogP contribution is 2.38. The molecule has 0 aromatic heterocycles. The number of hydrogen-bond donors (Lipinski definition) is 2. The van der Waals surface area contributed by atoms with Gasteiger partial charge in [-0.25, -0.2) is 0 Å². The van der Waals surface area contributed by atoms with Gasteiger partial charge in [-0.1, -0.05) is 163 Å². The first kappa shape index (κ1) is 35.0. The van der Waals surface area contributed by atoms with E-state index >= 15 is 0 Å². The Kier molecular flexibility index (Phi) is 11.8. The molecule has 0 bridgehead atoms. The molecule has 4 nitrogen and oxygen atoms in total. The van der Waals surface area contributed by atoms with Gasteiger partial charge in [0.25, 0.3) is 16.6 Å². The van der Waals surface area contributed by atoms with Gasteiger partial charge in [0.2, 0.25) is 0 Å². The van der Waals surface area contributed by atoms with Gasteiger partial charge in [0.05, 0.1) is 12.2 Å². The topological polar surface area (TPSA) is 58.9 Å². The largest absolute Gasteiger partial charge is 0.407 e. The summed E-state index contributed by atoms with van der Waals surface area (Å²) in [6.07, 6.45) is -0.153. The van der Waals surface area contributed by atoms with E-state index in [9.17, 15) is 10.2 Å². The molecule has 240 valence electrons. The third-order valence-corrected chi connectivity index (χ3v) is 19.0. The van der Waals surface area contributed by atoms with Crippen molar-refractivity contribution in [2.24, 2.45) is 0 Å². The Morgan fingerprint density at radius 1 is 0.467 bits per heavy atom. The number of aliphatic hydroxyl groups is 2. The van der Waals surface area contributed by atoms with E-state index in [0.29, 0.717) is 26.1 Å². The van der Waals surface area contributed by atoms with Gasteiger partial charge in [-0.3, -0.25) is 0 Å². The Labute approximate surface area is 273 Å². The molecule has 0 spiro atoms. The zero-order chi connectivity index (χ0) is 32.6. The van der Waals surface area contributed by atoms with Gasteiger partial charge in [0, 0.05) is 13.2 Å². The SMILES string of the molecule is CC(C)(C)[Si](OCC[C@@H](O)C[C@@H](O)CCO[Si](c1ccccc1)(c1ccccc1)C(C)(C)C)(c1ccccc1)c1ccccc1. The van der Waals surface area contributed by atoms with Crippen LogP contribution >= 0.6 is 0 Å². The summed E-state index contributed by atoms with van der Waals surface area (Å²) in [6.45, 7) is 14.4. The molecule has 0 fully saturated rings.